The lowest BCUT2D eigenvalue weighted by molar-refractivity contribution is -0.192. The predicted octanol–water partition coefficient (Wildman–Crippen LogP) is 1.99. The number of nitrogens with two attached hydrogens (primary N) is 1. The van der Waals surface area contributed by atoms with E-state index in [1.807, 2.05) is 0 Å². The highest BCUT2D eigenvalue weighted by Crippen LogP contribution is 2.22. The first-order chi connectivity index (χ1) is 8.49. The number of hydrazine groups is 1. The smallest absolute Gasteiger partial charge is 0.425 e. The fraction of sp³-hybridized carbons (Fsp3) is 0.417. The maximum absolute atomic E-state index is 13.1. The molecule has 3 N–H and O–H groups in total. The van der Waals surface area contributed by atoms with Gasteiger partial charge in [-0.1, -0.05) is 25.5 Å². The van der Waals surface area contributed by atoms with Crippen LogP contribution in [-0.4, -0.2) is 12.0 Å². The van der Waals surface area contributed by atoms with Crippen molar-refractivity contribution in [2.24, 2.45) is 5.84 Å². The Balaban J connectivity index is 2.66. The molecule has 0 saturated carbocycles. The molecule has 0 aromatic heterocycles. The summed E-state index contributed by atoms with van der Waals surface area (Å²) < 4.78 is 30.5. The van der Waals surface area contributed by atoms with Gasteiger partial charge in [0.1, 0.15) is 5.75 Å². The van der Waals surface area contributed by atoms with Crippen molar-refractivity contribution in [3.63, 3.8) is 0 Å². The van der Waals surface area contributed by atoms with Crippen molar-refractivity contribution in [1.82, 2.24) is 5.43 Å². The normalized spacial score (nSPS) is 11.1. The van der Waals surface area contributed by atoms with Gasteiger partial charge in [0.25, 0.3) is 0 Å². The molecule has 1 aromatic carbocycles. The monoisotopic (exact) mass is 258 g/mol. The quantitative estimate of drug-likeness (QED) is 0.466. The second-order valence-electron chi connectivity index (χ2n) is 3.84. The Morgan fingerprint density at radius 1 is 1.39 bits per heavy atom. The van der Waals surface area contributed by atoms with E-state index in [9.17, 15) is 13.6 Å². The van der Waals surface area contributed by atoms with Crippen molar-refractivity contribution < 1.29 is 18.3 Å². The van der Waals surface area contributed by atoms with Crippen molar-refractivity contribution in [3.8, 4) is 5.75 Å². The number of aryl methyl sites for hydroxylation is 1. The third-order valence-corrected chi connectivity index (χ3v) is 2.38. The number of alkyl halides is 2. The van der Waals surface area contributed by atoms with Gasteiger partial charge in [-0.05, 0) is 30.5 Å². The summed E-state index contributed by atoms with van der Waals surface area (Å²) in [5, 5.41) is 0. The average Bonchev–Trinajstić information content (AvgIpc) is 2.36. The van der Waals surface area contributed by atoms with E-state index in [0.29, 0.717) is 0 Å². The summed E-state index contributed by atoms with van der Waals surface area (Å²) in [7, 11) is 0. The molecule has 1 amide bonds. The first-order valence-corrected chi connectivity index (χ1v) is 5.66. The highest BCUT2D eigenvalue weighted by Gasteiger charge is 2.41. The third kappa shape index (κ3) is 3.96. The number of ether oxygens (including phenoxy) is 1. The van der Waals surface area contributed by atoms with Gasteiger partial charge >= 0.3 is 12.0 Å². The van der Waals surface area contributed by atoms with E-state index in [1.54, 1.807) is 12.1 Å². The average molecular weight is 258 g/mol. The molecule has 0 aliphatic carbocycles. The van der Waals surface area contributed by atoms with Crippen LogP contribution in [0.2, 0.25) is 0 Å². The Bertz CT molecular complexity index is 394. The summed E-state index contributed by atoms with van der Waals surface area (Å²) in [4.78, 5) is 10.7. The van der Waals surface area contributed by atoms with E-state index in [0.717, 1.165) is 24.8 Å². The lowest BCUT2D eigenvalue weighted by atomic mass is 10.1. The molecule has 4 nitrogen and oxygen atoms in total. The maximum atomic E-state index is 13.1. The predicted molar refractivity (Wildman–Crippen MR) is 63.0 cm³/mol. The first-order valence-electron chi connectivity index (χ1n) is 5.66. The third-order valence-electron chi connectivity index (χ3n) is 2.38. The van der Waals surface area contributed by atoms with E-state index in [1.165, 1.54) is 17.6 Å². The summed E-state index contributed by atoms with van der Waals surface area (Å²) in [5.41, 5.74) is 2.39. The summed E-state index contributed by atoms with van der Waals surface area (Å²) in [6.07, 6.45) is -0.991. The minimum atomic E-state index is -3.97. The second kappa shape index (κ2) is 6.30. The Morgan fingerprint density at radius 3 is 2.50 bits per heavy atom. The highest BCUT2D eigenvalue weighted by atomic mass is 19.3. The van der Waals surface area contributed by atoms with Gasteiger partial charge in [-0.15, -0.1) is 0 Å². The van der Waals surface area contributed by atoms with E-state index < -0.39 is 12.0 Å². The van der Waals surface area contributed by atoms with E-state index in [-0.39, 0.29) is 5.75 Å². The van der Waals surface area contributed by atoms with Crippen LogP contribution in [0.15, 0.2) is 24.3 Å². The van der Waals surface area contributed by atoms with Crippen LogP contribution in [-0.2, 0) is 11.2 Å². The standard InChI is InChI=1S/C12H16F2N2O2/c1-2-3-4-9-5-7-10(8-6-9)18-12(13,14)11(17)16-15/h5-8H,2-4,15H2,1H3,(H,16,17). The molecule has 1 rings (SSSR count). The van der Waals surface area contributed by atoms with Gasteiger partial charge in [0.05, 0.1) is 0 Å². The molecule has 0 aliphatic heterocycles. The van der Waals surface area contributed by atoms with E-state index in [2.05, 4.69) is 17.5 Å². The molecule has 0 spiro atoms. The number of carbonyl (C=O) groups excluding carboxylic acids is 1. The molecule has 0 aliphatic rings. The van der Waals surface area contributed by atoms with Gasteiger partial charge in [-0.3, -0.25) is 10.2 Å². The molecule has 0 fully saturated rings. The molecular formula is C12H16F2N2O2. The summed E-state index contributed by atoms with van der Waals surface area (Å²) in [6.45, 7) is 2.07. The summed E-state index contributed by atoms with van der Waals surface area (Å²) >= 11 is 0. The zero-order chi connectivity index (χ0) is 13.6. The maximum Gasteiger partial charge on any atom is 0.483 e. The van der Waals surface area contributed by atoms with Crippen LogP contribution in [0.1, 0.15) is 25.3 Å². The zero-order valence-electron chi connectivity index (χ0n) is 10.1. The van der Waals surface area contributed by atoms with Gasteiger partial charge < -0.3 is 4.74 Å². The number of hydrogen-bond acceptors (Lipinski definition) is 3. The lowest BCUT2D eigenvalue weighted by Crippen LogP contribution is -2.47. The SMILES string of the molecule is CCCCc1ccc(OC(F)(F)C(=O)NN)cc1. The molecule has 18 heavy (non-hydrogen) atoms. The van der Waals surface area contributed by atoms with Crippen molar-refractivity contribution in [1.29, 1.82) is 0 Å². The molecule has 0 saturated heterocycles. The van der Waals surface area contributed by atoms with Crippen LogP contribution in [0.4, 0.5) is 8.78 Å². The molecule has 0 bridgehead atoms. The van der Waals surface area contributed by atoms with Crippen LogP contribution in [0.5, 0.6) is 5.75 Å². The van der Waals surface area contributed by atoms with E-state index >= 15 is 0 Å². The van der Waals surface area contributed by atoms with Gasteiger partial charge in [0.15, 0.2) is 0 Å². The van der Waals surface area contributed by atoms with Gasteiger partial charge in [-0.2, -0.15) is 8.78 Å². The van der Waals surface area contributed by atoms with Gasteiger partial charge in [0.2, 0.25) is 0 Å². The number of nitrogens with one attached hydrogen (secondary N) is 1. The Hall–Kier alpha value is -1.69. The number of benzene rings is 1. The van der Waals surface area contributed by atoms with Crippen LogP contribution >= 0.6 is 0 Å². The number of halogens is 2. The van der Waals surface area contributed by atoms with Crippen molar-refractivity contribution in [2.45, 2.75) is 32.3 Å². The summed E-state index contributed by atoms with van der Waals surface area (Å²) in [6, 6.07) is 6.20. The summed E-state index contributed by atoms with van der Waals surface area (Å²) in [5.74, 6) is 2.87. The fourth-order valence-corrected chi connectivity index (χ4v) is 1.38. The lowest BCUT2D eigenvalue weighted by Gasteiger charge is -2.15. The Morgan fingerprint density at radius 2 is 2.00 bits per heavy atom. The molecule has 0 heterocycles. The van der Waals surface area contributed by atoms with Crippen molar-refractivity contribution in [2.75, 3.05) is 0 Å². The number of carbonyl (C=O) groups is 1. The number of unbranched alkanes of at least 4 members (excludes halogenated alkanes) is 1. The number of hydrogen-bond donors (Lipinski definition) is 2. The minimum Gasteiger partial charge on any atom is -0.425 e. The topological polar surface area (TPSA) is 64.3 Å². The van der Waals surface area contributed by atoms with Crippen molar-refractivity contribution >= 4 is 5.91 Å². The molecule has 0 radical (unpaired) electrons. The fourth-order valence-electron chi connectivity index (χ4n) is 1.38. The molecule has 100 valence electrons. The Labute approximate surface area is 104 Å². The largest absolute Gasteiger partial charge is 0.483 e. The van der Waals surface area contributed by atoms with Crippen LogP contribution < -0.4 is 16.0 Å². The Kier molecular flexibility index (Phi) is 5.03. The van der Waals surface area contributed by atoms with Crippen LogP contribution in [0, 0.1) is 0 Å². The van der Waals surface area contributed by atoms with Crippen molar-refractivity contribution in [3.05, 3.63) is 29.8 Å². The van der Waals surface area contributed by atoms with Gasteiger partial charge in [0, 0.05) is 0 Å². The molecule has 0 unspecified atom stereocenters. The van der Waals surface area contributed by atoms with Crippen LogP contribution in [0.3, 0.4) is 0 Å². The number of amides is 1. The molecule has 1 aromatic rings. The van der Waals surface area contributed by atoms with Crippen LogP contribution in [0.25, 0.3) is 0 Å². The highest BCUT2D eigenvalue weighted by molar-refractivity contribution is 5.81. The molecule has 6 heteroatoms. The second-order valence-corrected chi connectivity index (χ2v) is 3.84. The number of rotatable bonds is 6. The minimum absolute atomic E-state index is 0.0798. The molecule has 0 atom stereocenters. The van der Waals surface area contributed by atoms with E-state index in [4.69, 9.17) is 0 Å². The van der Waals surface area contributed by atoms with Gasteiger partial charge in [-0.25, -0.2) is 5.84 Å². The molecular weight excluding hydrogens is 242 g/mol. The first kappa shape index (κ1) is 14.4. The zero-order valence-corrected chi connectivity index (χ0v) is 10.1.